The second-order valence-electron chi connectivity index (χ2n) is 5.45. The number of hydrogen-bond acceptors (Lipinski definition) is 3. The monoisotopic (exact) mass is 292 g/mol. The molecule has 0 radical (unpaired) electrons. The molecule has 1 aromatic rings. The molecule has 1 unspecified atom stereocenters. The van der Waals surface area contributed by atoms with E-state index in [9.17, 15) is 4.79 Å². The van der Waals surface area contributed by atoms with E-state index < -0.39 is 0 Å². The van der Waals surface area contributed by atoms with Crippen LogP contribution in [0.15, 0.2) is 18.2 Å². The molecular weight excluding hydrogens is 268 g/mol. The standard InChI is InChI=1S/C16H24N2OS/c1-12(8-10-20-3)18(2)16(19)14-6-7-15-13(11-14)5-4-9-17-15/h6-7,11-12,17H,4-5,8-10H2,1-3H3. The maximum Gasteiger partial charge on any atom is 0.253 e. The van der Waals surface area contributed by atoms with Gasteiger partial charge in [-0.3, -0.25) is 4.79 Å². The summed E-state index contributed by atoms with van der Waals surface area (Å²) >= 11 is 1.83. The van der Waals surface area contributed by atoms with Gasteiger partial charge in [0, 0.05) is 30.9 Å². The summed E-state index contributed by atoms with van der Waals surface area (Å²) < 4.78 is 0. The number of amides is 1. The molecule has 0 saturated heterocycles. The maximum atomic E-state index is 12.5. The van der Waals surface area contributed by atoms with Crippen LogP contribution in [-0.2, 0) is 6.42 Å². The molecule has 0 bridgehead atoms. The van der Waals surface area contributed by atoms with Gasteiger partial charge in [0.25, 0.3) is 5.91 Å². The lowest BCUT2D eigenvalue weighted by Crippen LogP contribution is -2.35. The molecule has 4 heteroatoms. The molecule has 0 aliphatic carbocycles. The number of fused-ring (bicyclic) bond motifs is 1. The largest absolute Gasteiger partial charge is 0.385 e. The van der Waals surface area contributed by atoms with Gasteiger partial charge in [0.2, 0.25) is 0 Å². The Balaban J connectivity index is 2.08. The van der Waals surface area contributed by atoms with Gasteiger partial charge in [0.1, 0.15) is 0 Å². The average molecular weight is 292 g/mol. The predicted octanol–water partition coefficient (Wildman–Crippen LogP) is 3.26. The van der Waals surface area contributed by atoms with Crippen LogP contribution in [0.4, 0.5) is 5.69 Å². The van der Waals surface area contributed by atoms with Crippen molar-refractivity contribution in [2.24, 2.45) is 0 Å². The van der Waals surface area contributed by atoms with Crippen molar-refractivity contribution in [1.82, 2.24) is 4.90 Å². The lowest BCUT2D eigenvalue weighted by Gasteiger charge is -2.26. The first-order valence-corrected chi connectivity index (χ1v) is 8.65. The minimum absolute atomic E-state index is 0.131. The quantitative estimate of drug-likeness (QED) is 0.904. The van der Waals surface area contributed by atoms with E-state index in [4.69, 9.17) is 0 Å². The normalized spacial score (nSPS) is 15.2. The Bertz CT molecular complexity index is 476. The fourth-order valence-corrected chi connectivity index (χ4v) is 3.07. The third-order valence-corrected chi connectivity index (χ3v) is 4.66. The lowest BCUT2D eigenvalue weighted by atomic mass is 10.00. The van der Waals surface area contributed by atoms with E-state index in [0.717, 1.165) is 37.1 Å². The molecule has 1 amide bonds. The van der Waals surface area contributed by atoms with E-state index in [0.29, 0.717) is 0 Å². The minimum Gasteiger partial charge on any atom is -0.385 e. The highest BCUT2D eigenvalue weighted by Crippen LogP contribution is 2.23. The fraction of sp³-hybridized carbons (Fsp3) is 0.562. The van der Waals surface area contributed by atoms with Crippen LogP contribution in [0.2, 0.25) is 0 Å². The molecule has 1 atom stereocenters. The first-order valence-electron chi connectivity index (χ1n) is 7.26. The lowest BCUT2D eigenvalue weighted by molar-refractivity contribution is 0.0741. The van der Waals surface area contributed by atoms with Crippen LogP contribution in [-0.4, -0.2) is 42.4 Å². The smallest absolute Gasteiger partial charge is 0.253 e. The van der Waals surface area contributed by atoms with Crippen LogP contribution in [0, 0.1) is 0 Å². The van der Waals surface area contributed by atoms with Crippen molar-refractivity contribution in [2.75, 3.05) is 30.9 Å². The molecule has 1 aromatic carbocycles. The summed E-state index contributed by atoms with van der Waals surface area (Å²) in [6.07, 6.45) is 5.35. The van der Waals surface area contributed by atoms with E-state index >= 15 is 0 Å². The third kappa shape index (κ3) is 3.48. The molecule has 0 fully saturated rings. The average Bonchev–Trinajstić information content (AvgIpc) is 2.50. The van der Waals surface area contributed by atoms with Crippen LogP contribution < -0.4 is 5.32 Å². The van der Waals surface area contributed by atoms with E-state index in [2.05, 4.69) is 24.6 Å². The zero-order valence-electron chi connectivity index (χ0n) is 12.6. The molecule has 0 spiro atoms. The highest BCUT2D eigenvalue weighted by Gasteiger charge is 2.19. The highest BCUT2D eigenvalue weighted by atomic mass is 32.2. The first kappa shape index (κ1) is 15.2. The van der Waals surface area contributed by atoms with E-state index in [-0.39, 0.29) is 11.9 Å². The van der Waals surface area contributed by atoms with Crippen LogP contribution in [0.5, 0.6) is 0 Å². The van der Waals surface area contributed by atoms with Crippen molar-refractivity contribution in [3.8, 4) is 0 Å². The van der Waals surface area contributed by atoms with Crippen LogP contribution in [0.1, 0.15) is 35.7 Å². The molecule has 2 rings (SSSR count). The Kier molecular flexibility index (Phi) is 5.35. The Morgan fingerprint density at radius 2 is 2.30 bits per heavy atom. The number of hydrogen-bond donors (Lipinski definition) is 1. The van der Waals surface area contributed by atoms with Crippen molar-refractivity contribution >= 4 is 23.4 Å². The molecule has 1 N–H and O–H groups in total. The summed E-state index contributed by atoms with van der Waals surface area (Å²) in [7, 11) is 1.91. The van der Waals surface area contributed by atoms with E-state index in [1.807, 2.05) is 35.8 Å². The van der Waals surface area contributed by atoms with Gasteiger partial charge >= 0.3 is 0 Å². The number of carbonyl (C=O) groups is 1. The molecular formula is C16H24N2OS. The molecule has 3 nitrogen and oxygen atoms in total. The number of aryl methyl sites for hydroxylation is 1. The van der Waals surface area contributed by atoms with Crippen LogP contribution in [0.3, 0.4) is 0 Å². The summed E-state index contributed by atoms with van der Waals surface area (Å²) in [5, 5.41) is 3.38. The molecule has 110 valence electrons. The molecule has 0 aromatic heterocycles. The van der Waals surface area contributed by atoms with Gasteiger partial charge in [-0.05, 0) is 62.0 Å². The van der Waals surface area contributed by atoms with Crippen molar-refractivity contribution < 1.29 is 4.79 Å². The summed E-state index contributed by atoms with van der Waals surface area (Å²) in [5.74, 6) is 1.22. The predicted molar refractivity (Wildman–Crippen MR) is 87.8 cm³/mol. The zero-order chi connectivity index (χ0) is 14.5. The van der Waals surface area contributed by atoms with Gasteiger partial charge in [0.05, 0.1) is 0 Å². The van der Waals surface area contributed by atoms with Crippen LogP contribution in [0.25, 0.3) is 0 Å². The van der Waals surface area contributed by atoms with Gasteiger partial charge in [-0.25, -0.2) is 0 Å². The third-order valence-electron chi connectivity index (χ3n) is 4.01. The summed E-state index contributed by atoms with van der Waals surface area (Å²) in [4.78, 5) is 14.4. The molecule has 1 aliphatic rings. The SMILES string of the molecule is CSCCC(C)N(C)C(=O)c1ccc2c(c1)CCCN2. The number of anilines is 1. The number of thioether (sulfide) groups is 1. The van der Waals surface area contributed by atoms with Gasteiger partial charge in [-0.1, -0.05) is 0 Å². The maximum absolute atomic E-state index is 12.5. The Labute approximate surface area is 126 Å². The van der Waals surface area contributed by atoms with Crippen LogP contribution >= 0.6 is 11.8 Å². The number of rotatable bonds is 5. The number of nitrogens with zero attached hydrogens (tertiary/aromatic N) is 1. The molecule has 20 heavy (non-hydrogen) atoms. The van der Waals surface area contributed by atoms with E-state index in [1.54, 1.807) is 0 Å². The van der Waals surface area contributed by atoms with Gasteiger partial charge in [-0.2, -0.15) is 11.8 Å². The number of nitrogens with one attached hydrogen (secondary N) is 1. The number of benzene rings is 1. The Morgan fingerprint density at radius 1 is 1.50 bits per heavy atom. The first-order chi connectivity index (χ1) is 9.63. The van der Waals surface area contributed by atoms with Gasteiger partial charge < -0.3 is 10.2 Å². The van der Waals surface area contributed by atoms with Crippen molar-refractivity contribution in [3.63, 3.8) is 0 Å². The van der Waals surface area contributed by atoms with Crippen molar-refractivity contribution in [1.29, 1.82) is 0 Å². The highest BCUT2D eigenvalue weighted by molar-refractivity contribution is 7.98. The zero-order valence-corrected chi connectivity index (χ0v) is 13.4. The molecule has 0 saturated carbocycles. The summed E-state index contributed by atoms with van der Waals surface area (Å²) in [6, 6.07) is 6.32. The topological polar surface area (TPSA) is 32.3 Å². The number of carbonyl (C=O) groups excluding carboxylic acids is 1. The Hall–Kier alpha value is -1.16. The molecule has 1 aliphatic heterocycles. The van der Waals surface area contributed by atoms with Crippen molar-refractivity contribution in [2.45, 2.75) is 32.2 Å². The van der Waals surface area contributed by atoms with Gasteiger partial charge in [0.15, 0.2) is 0 Å². The Morgan fingerprint density at radius 3 is 3.05 bits per heavy atom. The summed E-state index contributed by atoms with van der Waals surface area (Å²) in [6.45, 7) is 3.15. The van der Waals surface area contributed by atoms with Crippen molar-refractivity contribution in [3.05, 3.63) is 29.3 Å². The summed E-state index contributed by atoms with van der Waals surface area (Å²) in [5.41, 5.74) is 3.27. The minimum atomic E-state index is 0.131. The van der Waals surface area contributed by atoms with E-state index in [1.165, 1.54) is 11.3 Å². The molecule has 1 heterocycles. The second kappa shape index (κ2) is 7.02. The second-order valence-corrected chi connectivity index (χ2v) is 6.43. The van der Waals surface area contributed by atoms with Gasteiger partial charge in [-0.15, -0.1) is 0 Å². The fourth-order valence-electron chi connectivity index (χ4n) is 2.49.